The van der Waals surface area contributed by atoms with Crippen LogP contribution in [-0.4, -0.2) is 21.9 Å². The molecular formula is C17H14BrF3N4OS2. The van der Waals surface area contributed by atoms with Crippen LogP contribution >= 0.6 is 38.6 Å². The number of rotatable bonds is 4. The second-order valence-corrected chi connectivity index (χ2v) is 9.03. The van der Waals surface area contributed by atoms with Gasteiger partial charge >= 0.3 is 6.18 Å². The van der Waals surface area contributed by atoms with Crippen LogP contribution in [0.2, 0.25) is 0 Å². The molecule has 0 aromatic carbocycles. The molecule has 1 aliphatic heterocycles. The average Bonchev–Trinajstić information content (AvgIpc) is 3.40. The first kappa shape index (κ1) is 19.5. The molecule has 0 saturated carbocycles. The molecule has 11 heteroatoms. The van der Waals surface area contributed by atoms with Gasteiger partial charge in [0.05, 0.1) is 17.1 Å². The highest BCUT2D eigenvalue weighted by atomic mass is 79.9. The van der Waals surface area contributed by atoms with E-state index in [0.29, 0.717) is 6.54 Å². The molecule has 4 heterocycles. The van der Waals surface area contributed by atoms with E-state index < -0.39 is 24.2 Å². The summed E-state index contributed by atoms with van der Waals surface area (Å²) in [6, 6.07) is 5.00. The number of carbonyl (C=O) groups is 1. The summed E-state index contributed by atoms with van der Waals surface area (Å²) in [6.45, 7) is 0.291. The molecule has 3 aromatic rings. The third-order valence-corrected chi connectivity index (χ3v) is 7.01. The highest BCUT2D eigenvalue weighted by Gasteiger charge is 2.47. The minimum atomic E-state index is -4.48. The number of aromatic nitrogens is 2. The molecule has 148 valence electrons. The van der Waals surface area contributed by atoms with Crippen LogP contribution in [0.4, 0.5) is 19.0 Å². The predicted molar refractivity (Wildman–Crippen MR) is 106 cm³/mol. The number of carbonyl (C=O) groups excluding carboxylic acids is 1. The highest BCUT2D eigenvalue weighted by molar-refractivity contribution is 9.10. The Hall–Kier alpha value is -1.85. The van der Waals surface area contributed by atoms with Crippen molar-refractivity contribution in [1.82, 2.24) is 15.1 Å². The number of hydrogen-bond acceptors (Lipinski definition) is 5. The number of nitrogens with zero attached hydrogens (tertiary/aromatic N) is 2. The van der Waals surface area contributed by atoms with E-state index >= 15 is 0 Å². The fourth-order valence-electron chi connectivity index (χ4n) is 3.07. The maximum Gasteiger partial charge on any atom is 0.410 e. The number of halogens is 4. The summed E-state index contributed by atoms with van der Waals surface area (Å²) in [4.78, 5) is 14.3. The van der Waals surface area contributed by atoms with E-state index in [1.807, 2.05) is 22.9 Å². The molecule has 2 N–H and O–H groups in total. The molecule has 4 rings (SSSR count). The van der Waals surface area contributed by atoms with Crippen LogP contribution in [0, 0.1) is 0 Å². The van der Waals surface area contributed by atoms with Crippen molar-refractivity contribution in [2.75, 3.05) is 5.32 Å². The van der Waals surface area contributed by atoms with Crippen LogP contribution < -0.4 is 10.6 Å². The number of fused-ring (bicyclic) bond motifs is 1. The summed E-state index contributed by atoms with van der Waals surface area (Å²) < 4.78 is 42.2. The zero-order chi connectivity index (χ0) is 19.9. The summed E-state index contributed by atoms with van der Waals surface area (Å²) in [5.74, 6) is -0.370. The standard InChI is InChI=1S/C17H14BrF3N4OS2/c18-13-14(16(26)22-8-9-3-1-5-27-9)24-25-12(17(19,20)21)7-10(23-15(13)25)11-4-2-6-28-11/h1-6,10,12,23H,7-8H2,(H,22,26)/t10-,12-/m1/s1. The molecule has 0 bridgehead atoms. The number of nitrogens with one attached hydrogen (secondary N) is 2. The van der Waals surface area contributed by atoms with Gasteiger partial charge in [0.2, 0.25) is 0 Å². The number of thiophene rings is 2. The largest absolute Gasteiger partial charge is 0.410 e. The SMILES string of the molecule is O=C(NCc1cccs1)c1nn2c(c1Br)N[C@@H](c1cccs1)C[C@@H]2C(F)(F)F. The Labute approximate surface area is 174 Å². The van der Waals surface area contributed by atoms with Gasteiger partial charge in [0, 0.05) is 16.2 Å². The van der Waals surface area contributed by atoms with Crippen LogP contribution in [0.15, 0.2) is 39.5 Å². The summed E-state index contributed by atoms with van der Waals surface area (Å²) >= 11 is 6.14. The second-order valence-electron chi connectivity index (χ2n) is 6.22. The normalized spacial score (nSPS) is 19.1. The first-order chi connectivity index (χ1) is 13.3. The lowest BCUT2D eigenvalue weighted by Gasteiger charge is -2.33. The fourth-order valence-corrected chi connectivity index (χ4v) is 5.07. The maximum atomic E-state index is 13.7. The third-order valence-electron chi connectivity index (χ3n) is 4.40. The van der Waals surface area contributed by atoms with E-state index in [9.17, 15) is 18.0 Å². The number of anilines is 1. The lowest BCUT2D eigenvalue weighted by molar-refractivity contribution is -0.173. The Morgan fingerprint density at radius 1 is 1.32 bits per heavy atom. The van der Waals surface area contributed by atoms with Crippen molar-refractivity contribution in [3.63, 3.8) is 0 Å². The quantitative estimate of drug-likeness (QED) is 0.517. The summed E-state index contributed by atoms with van der Waals surface area (Å²) in [5, 5.41) is 13.5. The van der Waals surface area contributed by atoms with Crippen molar-refractivity contribution in [1.29, 1.82) is 0 Å². The molecule has 28 heavy (non-hydrogen) atoms. The van der Waals surface area contributed by atoms with Crippen LogP contribution in [0.5, 0.6) is 0 Å². The van der Waals surface area contributed by atoms with Gasteiger partial charge in [-0.15, -0.1) is 22.7 Å². The number of amides is 1. The molecule has 0 spiro atoms. The Bertz CT molecular complexity index is 970. The Kier molecular flexibility index (Phi) is 5.23. The van der Waals surface area contributed by atoms with E-state index in [4.69, 9.17) is 0 Å². The van der Waals surface area contributed by atoms with E-state index in [0.717, 1.165) is 14.4 Å². The van der Waals surface area contributed by atoms with Gasteiger partial charge in [-0.1, -0.05) is 12.1 Å². The second kappa shape index (κ2) is 7.53. The number of hydrogen-bond donors (Lipinski definition) is 2. The van der Waals surface area contributed by atoms with Gasteiger partial charge in [-0.2, -0.15) is 18.3 Å². The Balaban J connectivity index is 1.65. The molecule has 0 unspecified atom stereocenters. The van der Waals surface area contributed by atoms with Gasteiger partial charge < -0.3 is 10.6 Å². The van der Waals surface area contributed by atoms with Gasteiger partial charge in [-0.3, -0.25) is 4.79 Å². The monoisotopic (exact) mass is 490 g/mol. The lowest BCUT2D eigenvalue weighted by Crippen LogP contribution is -2.35. The highest BCUT2D eigenvalue weighted by Crippen LogP contribution is 2.46. The van der Waals surface area contributed by atoms with E-state index in [1.54, 1.807) is 12.1 Å². The molecular weight excluding hydrogens is 477 g/mol. The molecule has 5 nitrogen and oxygen atoms in total. The fraction of sp³-hybridized carbons (Fsp3) is 0.294. The van der Waals surface area contributed by atoms with Crippen molar-refractivity contribution in [2.24, 2.45) is 0 Å². The Morgan fingerprint density at radius 3 is 2.71 bits per heavy atom. The van der Waals surface area contributed by atoms with Crippen molar-refractivity contribution in [3.05, 3.63) is 54.9 Å². The molecule has 0 aliphatic carbocycles. The maximum absolute atomic E-state index is 13.7. The Morgan fingerprint density at radius 2 is 2.07 bits per heavy atom. The van der Waals surface area contributed by atoms with Gasteiger partial charge in [0.15, 0.2) is 11.7 Å². The van der Waals surface area contributed by atoms with Gasteiger partial charge in [0.25, 0.3) is 5.91 Å². The molecule has 3 aromatic heterocycles. The average molecular weight is 491 g/mol. The molecule has 0 fully saturated rings. The first-order valence-electron chi connectivity index (χ1n) is 8.30. The molecule has 1 aliphatic rings. The van der Waals surface area contributed by atoms with Crippen molar-refractivity contribution in [2.45, 2.75) is 31.2 Å². The smallest absolute Gasteiger partial charge is 0.362 e. The minimum Gasteiger partial charge on any atom is -0.362 e. The van der Waals surface area contributed by atoms with E-state index in [1.165, 1.54) is 22.7 Å². The van der Waals surface area contributed by atoms with Crippen molar-refractivity contribution < 1.29 is 18.0 Å². The van der Waals surface area contributed by atoms with Crippen LogP contribution in [-0.2, 0) is 6.54 Å². The van der Waals surface area contributed by atoms with Gasteiger partial charge in [0.1, 0.15) is 5.82 Å². The minimum absolute atomic E-state index is 0.0693. The molecule has 0 radical (unpaired) electrons. The van der Waals surface area contributed by atoms with Gasteiger partial charge in [-0.05, 0) is 38.8 Å². The first-order valence-corrected chi connectivity index (χ1v) is 10.8. The molecule has 1 amide bonds. The predicted octanol–water partition coefficient (Wildman–Crippen LogP) is 5.36. The topological polar surface area (TPSA) is 59.0 Å². The summed E-state index contributed by atoms with van der Waals surface area (Å²) in [5.41, 5.74) is -0.0693. The van der Waals surface area contributed by atoms with Crippen molar-refractivity contribution >= 4 is 50.3 Å². The van der Waals surface area contributed by atoms with Crippen LogP contribution in [0.1, 0.15) is 38.7 Å². The van der Waals surface area contributed by atoms with Crippen molar-refractivity contribution in [3.8, 4) is 0 Å². The van der Waals surface area contributed by atoms with E-state index in [2.05, 4.69) is 31.7 Å². The van der Waals surface area contributed by atoms with Crippen LogP contribution in [0.3, 0.4) is 0 Å². The van der Waals surface area contributed by atoms with E-state index in [-0.39, 0.29) is 22.4 Å². The zero-order valence-electron chi connectivity index (χ0n) is 14.2. The number of alkyl halides is 3. The van der Waals surface area contributed by atoms with Gasteiger partial charge in [-0.25, -0.2) is 4.68 Å². The zero-order valence-corrected chi connectivity index (χ0v) is 17.4. The molecule has 2 atom stereocenters. The summed E-state index contributed by atoms with van der Waals surface area (Å²) in [7, 11) is 0. The molecule has 0 saturated heterocycles. The summed E-state index contributed by atoms with van der Waals surface area (Å²) in [6.07, 6.45) is -4.68. The van der Waals surface area contributed by atoms with Crippen LogP contribution in [0.25, 0.3) is 0 Å². The third kappa shape index (κ3) is 3.70. The lowest BCUT2D eigenvalue weighted by atomic mass is 10.0.